The molecule has 0 aliphatic carbocycles. The van der Waals surface area contributed by atoms with Crippen molar-refractivity contribution in [2.24, 2.45) is 0 Å². The van der Waals surface area contributed by atoms with Crippen LogP contribution in [0.2, 0.25) is 0 Å². The molecule has 0 unspecified atom stereocenters. The second-order valence-electron chi connectivity index (χ2n) is 1.62. The van der Waals surface area contributed by atoms with Gasteiger partial charge in [0, 0.05) is 0 Å². The molecule has 0 amide bonds. The first kappa shape index (κ1) is 9.07. The minimum atomic E-state index is -4.64. The van der Waals surface area contributed by atoms with Gasteiger partial charge in [-0.2, -0.15) is 0 Å². The van der Waals surface area contributed by atoms with Crippen molar-refractivity contribution >= 4 is 7.82 Å². The highest BCUT2D eigenvalue weighted by molar-refractivity contribution is 7.45. The average Bonchev–Trinajstić information content (AvgIpc) is 1.12. The van der Waals surface area contributed by atoms with Crippen molar-refractivity contribution in [3.05, 3.63) is 0 Å². The predicted octanol–water partition coefficient (Wildman–Crippen LogP) is -0.949. The second-order valence-corrected chi connectivity index (χ2v) is 2.64. The van der Waals surface area contributed by atoms with Crippen LogP contribution in [0, 0.1) is 0 Å². The molecule has 0 aromatic heterocycles. The number of hydrogen-bond acceptors (Lipinski definition) is 2. The molecular weight excluding hydrogens is 145 g/mol. The first-order valence-electron chi connectivity index (χ1n) is 2.49. The molecule has 1 heterocycles. The van der Waals surface area contributed by atoms with Crippen molar-refractivity contribution < 1.29 is 19.2 Å². The fourth-order valence-electron chi connectivity index (χ4n) is 0.177. The van der Waals surface area contributed by atoms with Crippen molar-refractivity contribution in [3.8, 4) is 0 Å². The molecule has 1 aliphatic rings. The molecule has 0 spiro atoms. The monoisotopic (exact) mass is 155 g/mol. The van der Waals surface area contributed by atoms with E-state index in [1.54, 1.807) is 0 Å². The molecule has 0 radical (unpaired) electrons. The van der Waals surface area contributed by atoms with Gasteiger partial charge in [0.05, 0.1) is 0 Å². The van der Waals surface area contributed by atoms with Gasteiger partial charge >= 0.3 is 7.82 Å². The van der Waals surface area contributed by atoms with Gasteiger partial charge in [0.25, 0.3) is 0 Å². The molecule has 9 heavy (non-hydrogen) atoms. The van der Waals surface area contributed by atoms with Crippen LogP contribution in [-0.2, 0) is 4.57 Å². The van der Waals surface area contributed by atoms with Crippen LogP contribution in [0.3, 0.4) is 0 Å². The molecular formula is C3H10NO4P. The van der Waals surface area contributed by atoms with Gasteiger partial charge in [-0.15, -0.1) is 0 Å². The maximum absolute atomic E-state index is 8.88. The highest BCUT2D eigenvalue weighted by Crippen LogP contribution is 2.25. The van der Waals surface area contributed by atoms with Crippen LogP contribution >= 0.6 is 7.82 Å². The molecule has 1 saturated heterocycles. The van der Waals surface area contributed by atoms with E-state index in [1.165, 1.54) is 19.5 Å². The van der Waals surface area contributed by atoms with E-state index in [-0.39, 0.29) is 0 Å². The van der Waals surface area contributed by atoms with Crippen LogP contribution in [0.15, 0.2) is 0 Å². The van der Waals surface area contributed by atoms with Crippen LogP contribution in [-0.4, -0.2) is 27.8 Å². The van der Waals surface area contributed by atoms with Gasteiger partial charge in [-0.1, -0.05) is 0 Å². The second kappa shape index (κ2) is 3.98. The molecule has 0 aromatic rings. The standard InChI is InChI=1S/C3H7N.H3O4P/c1-2-4-3-1;1-5(2,3)4/h4H,1-3H2;(H3,1,2,3,4). The average molecular weight is 155 g/mol. The molecule has 4 N–H and O–H groups in total. The Morgan fingerprint density at radius 2 is 1.33 bits per heavy atom. The van der Waals surface area contributed by atoms with Crippen LogP contribution in [0.4, 0.5) is 0 Å². The number of nitrogens with one attached hydrogen (secondary N) is 1. The molecule has 1 fully saturated rings. The third-order valence-electron chi connectivity index (χ3n) is 0.707. The Morgan fingerprint density at radius 3 is 1.33 bits per heavy atom. The maximum atomic E-state index is 8.88. The van der Waals surface area contributed by atoms with Gasteiger partial charge in [-0.3, -0.25) is 0 Å². The lowest BCUT2D eigenvalue weighted by Gasteiger charge is -2.09. The Balaban J connectivity index is 0.000000144. The van der Waals surface area contributed by atoms with E-state index in [0.29, 0.717) is 0 Å². The first-order chi connectivity index (χ1) is 4.00. The zero-order chi connectivity index (χ0) is 7.33. The molecule has 0 bridgehead atoms. The maximum Gasteiger partial charge on any atom is 0.466 e. The van der Waals surface area contributed by atoms with Gasteiger partial charge in [0.15, 0.2) is 0 Å². The van der Waals surface area contributed by atoms with Gasteiger partial charge in [0.1, 0.15) is 0 Å². The van der Waals surface area contributed by atoms with Crippen LogP contribution in [0.25, 0.3) is 0 Å². The number of rotatable bonds is 0. The zero-order valence-corrected chi connectivity index (χ0v) is 5.71. The summed E-state index contributed by atoms with van der Waals surface area (Å²) in [7, 11) is -4.64. The Kier molecular flexibility index (Phi) is 4.01. The van der Waals surface area contributed by atoms with Crippen molar-refractivity contribution in [3.63, 3.8) is 0 Å². The summed E-state index contributed by atoms with van der Waals surface area (Å²) < 4.78 is 8.88. The minimum Gasteiger partial charge on any atom is -0.317 e. The van der Waals surface area contributed by atoms with Crippen LogP contribution in [0.5, 0.6) is 0 Å². The van der Waals surface area contributed by atoms with E-state index < -0.39 is 7.82 Å². The molecule has 56 valence electrons. The van der Waals surface area contributed by atoms with Crippen LogP contribution < -0.4 is 5.32 Å². The summed E-state index contributed by atoms with van der Waals surface area (Å²) in [6, 6.07) is 0. The Hall–Kier alpha value is 0.0700. The normalized spacial score (nSPS) is 17.2. The quantitative estimate of drug-likeness (QED) is 0.339. The molecule has 0 aromatic carbocycles. The van der Waals surface area contributed by atoms with E-state index in [4.69, 9.17) is 19.2 Å². The first-order valence-corrected chi connectivity index (χ1v) is 4.05. The van der Waals surface area contributed by atoms with E-state index in [2.05, 4.69) is 5.32 Å². The van der Waals surface area contributed by atoms with Gasteiger partial charge in [-0.25, -0.2) is 4.57 Å². The topological polar surface area (TPSA) is 89.8 Å². The largest absolute Gasteiger partial charge is 0.466 e. The van der Waals surface area contributed by atoms with Gasteiger partial charge in [-0.05, 0) is 19.5 Å². The predicted molar refractivity (Wildman–Crippen MR) is 31.7 cm³/mol. The zero-order valence-electron chi connectivity index (χ0n) is 4.82. The number of hydrogen-bond donors (Lipinski definition) is 4. The Labute approximate surface area is 53.0 Å². The summed E-state index contributed by atoms with van der Waals surface area (Å²) in [5.74, 6) is 0. The van der Waals surface area contributed by atoms with E-state index in [9.17, 15) is 0 Å². The highest BCUT2D eigenvalue weighted by Gasteiger charge is 2.00. The van der Waals surface area contributed by atoms with Crippen molar-refractivity contribution in [2.75, 3.05) is 13.1 Å². The van der Waals surface area contributed by atoms with Crippen molar-refractivity contribution in [2.45, 2.75) is 6.42 Å². The smallest absolute Gasteiger partial charge is 0.317 e. The fraction of sp³-hybridized carbons (Fsp3) is 1.00. The van der Waals surface area contributed by atoms with Gasteiger partial charge < -0.3 is 20.0 Å². The molecule has 0 saturated carbocycles. The fourth-order valence-corrected chi connectivity index (χ4v) is 0.177. The van der Waals surface area contributed by atoms with E-state index >= 15 is 0 Å². The summed E-state index contributed by atoms with van der Waals surface area (Å²) in [5, 5.41) is 3.11. The summed E-state index contributed by atoms with van der Waals surface area (Å²) in [4.78, 5) is 21.6. The third kappa shape index (κ3) is 17.9. The summed E-state index contributed by atoms with van der Waals surface area (Å²) in [6.45, 7) is 2.50. The molecule has 0 atom stereocenters. The molecule has 1 rings (SSSR count). The van der Waals surface area contributed by atoms with Crippen molar-refractivity contribution in [1.82, 2.24) is 5.32 Å². The minimum absolute atomic E-state index is 1.25. The molecule has 1 aliphatic heterocycles. The number of phosphoric acid groups is 1. The lowest BCUT2D eigenvalue weighted by molar-refractivity contribution is 0.275. The summed E-state index contributed by atoms with van der Waals surface area (Å²) >= 11 is 0. The lowest BCUT2D eigenvalue weighted by atomic mass is 10.3. The Bertz CT molecular complexity index is 94.1. The van der Waals surface area contributed by atoms with E-state index in [0.717, 1.165) is 0 Å². The van der Waals surface area contributed by atoms with E-state index in [1.807, 2.05) is 0 Å². The molecule has 6 heteroatoms. The SMILES string of the molecule is C1CNC1.O=P(O)(O)O. The van der Waals surface area contributed by atoms with Gasteiger partial charge in [0.2, 0.25) is 0 Å². The molecule has 5 nitrogen and oxygen atoms in total. The third-order valence-corrected chi connectivity index (χ3v) is 0.707. The van der Waals surface area contributed by atoms with Crippen molar-refractivity contribution in [1.29, 1.82) is 0 Å². The van der Waals surface area contributed by atoms with Crippen LogP contribution in [0.1, 0.15) is 6.42 Å². The summed E-state index contributed by atoms with van der Waals surface area (Å²) in [6.07, 6.45) is 1.39. The summed E-state index contributed by atoms with van der Waals surface area (Å²) in [5.41, 5.74) is 0. The lowest BCUT2D eigenvalue weighted by Crippen LogP contribution is -2.29. The highest BCUT2D eigenvalue weighted by atomic mass is 31.2. The Morgan fingerprint density at radius 1 is 1.22 bits per heavy atom.